The molecule has 1 N–H and O–H groups in total. The Kier molecular flexibility index (Phi) is 5.30. The Balaban J connectivity index is 1.52. The zero-order valence-corrected chi connectivity index (χ0v) is 13.9. The zero-order valence-electron chi connectivity index (χ0n) is 13.2. The number of rotatable bonds is 6. The molecule has 0 spiro atoms. The van der Waals surface area contributed by atoms with Gasteiger partial charge in [-0.1, -0.05) is 11.6 Å². The van der Waals surface area contributed by atoms with E-state index >= 15 is 0 Å². The molecule has 1 amide bonds. The molecule has 0 saturated heterocycles. The van der Waals surface area contributed by atoms with Gasteiger partial charge in [-0.25, -0.2) is 9.07 Å². The first-order valence-corrected chi connectivity index (χ1v) is 7.97. The Morgan fingerprint density at radius 1 is 1.24 bits per heavy atom. The molecular weight excluding hydrogens is 345 g/mol. The number of carbonyl (C=O) groups excluding carboxylic acids is 1. The van der Waals surface area contributed by atoms with Crippen LogP contribution in [0.15, 0.2) is 60.9 Å². The van der Waals surface area contributed by atoms with E-state index in [4.69, 9.17) is 16.3 Å². The highest BCUT2D eigenvalue weighted by Crippen LogP contribution is 2.18. The van der Waals surface area contributed by atoms with Crippen LogP contribution in [0.25, 0.3) is 5.69 Å². The van der Waals surface area contributed by atoms with E-state index in [0.717, 1.165) is 0 Å². The van der Waals surface area contributed by atoms with Crippen LogP contribution in [0, 0.1) is 5.82 Å². The average Bonchev–Trinajstić information content (AvgIpc) is 3.11. The molecule has 25 heavy (non-hydrogen) atoms. The van der Waals surface area contributed by atoms with E-state index in [2.05, 4.69) is 10.4 Å². The first kappa shape index (κ1) is 17.0. The maximum atomic E-state index is 14.1. The monoisotopic (exact) mass is 359 g/mol. The summed E-state index contributed by atoms with van der Waals surface area (Å²) in [4.78, 5) is 11.9. The Hall–Kier alpha value is -2.86. The van der Waals surface area contributed by atoms with Crippen molar-refractivity contribution < 1.29 is 13.9 Å². The molecular formula is C18H15ClFN3O2. The van der Waals surface area contributed by atoms with Gasteiger partial charge in [-0.2, -0.15) is 5.10 Å². The van der Waals surface area contributed by atoms with Crippen molar-refractivity contribution in [3.63, 3.8) is 0 Å². The summed E-state index contributed by atoms with van der Waals surface area (Å²) >= 11 is 5.79. The molecule has 0 bridgehead atoms. The number of nitrogens with zero attached hydrogens (tertiary/aromatic N) is 2. The SMILES string of the molecule is O=C(CCOc1ccc(Cl)cc1)Nc1ccc(-n2cccn2)c(F)c1. The van der Waals surface area contributed by atoms with Gasteiger partial charge < -0.3 is 10.1 Å². The van der Waals surface area contributed by atoms with Crippen molar-refractivity contribution in [3.8, 4) is 11.4 Å². The van der Waals surface area contributed by atoms with Crippen LogP contribution in [0.5, 0.6) is 5.75 Å². The number of hydrogen-bond donors (Lipinski definition) is 1. The van der Waals surface area contributed by atoms with Crippen molar-refractivity contribution in [3.05, 3.63) is 71.8 Å². The minimum absolute atomic E-state index is 0.144. The van der Waals surface area contributed by atoms with Crippen molar-refractivity contribution in [1.29, 1.82) is 0 Å². The molecule has 0 saturated carbocycles. The van der Waals surface area contributed by atoms with Gasteiger partial charge >= 0.3 is 0 Å². The molecule has 0 unspecified atom stereocenters. The van der Waals surface area contributed by atoms with Gasteiger partial charge in [-0.15, -0.1) is 0 Å². The molecule has 128 valence electrons. The normalized spacial score (nSPS) is 10.5. The largest absolute Gasteiger partial charge is 0.493 e. The van der Waals surface area contributed by atoms with Crippen LogP contribution in [0.1, 0.15) is 6.42 Å². The molecule has 5 nitrogen and oxygen atoms in total. The number of amides is 1. The van der Waals surface area contributed by atoms with Crippen LogP contribution in [0.3, 0.4) is 0 Å². The number of carbonyl (C=O) groups is 1. The van der Waals surface area contributed by atoms with Crippen LogP contribution in [-0.4, -0.2) is 22.3 Å². The smallest absolute Gasteiger partial charge is 0.227 e. The van der Waals surface area contributed by atoms with Crippen molar-refractivity contribution in [2.24, 2.45) is 0 Å². The highest BCUT2D eigenvalue weighted by Gasteiger charge is 2.08. The third kappa shape index (κ3) is 4.58. The number of aromatic nitrogens is 2. The number of hydrogen-bond acceptors (Lipinski definition) is 3. The number of nitrogens with one attached hydrogen (secondary N) is 1. The fourth-order valence-electron chi connectivity index (χ4n) is 2.20. The summed E-state index contributed by atoms with van der Waals surface area (Å²) < 4.78 is 21.0. The Morgan fingerprint density at radius 3 is 2.72 bits per heavy atom. The number of halogens is 2. The molecule has 0 aliphatic carbocycles. The Morgan fingerprint density at radius 2 is 2.04 bits per heavy atom. The average molecular weight is 360 g/mol. The van der Waals surface area contributed by atoms with E-state index in [-0.39, 0.29) is 18.9 Å². The van der Waals surface area contributed by atoms with Crippen molar-refractivity contribution >= 4 is 23.2 Å². The highest BCUT2D eigenvalue weighted by molar-refractivity contribution is 6.30. The predicted octanol–water partition coefficient (Wildman–Crippen LogP) is 4.07. The fraction of sp³-hybridized carbons (Fsp3) is 0.111. The van der Waals surface area contributed by atoms with Crippen LogP contribution in [0.2, 0.25) is 5.02 Å². The molecule has 7 heteroatoms. The van der Waals surface area contributed by atoms with Gasteiger partial charge in [0.15, 0.2) is 5.82 Å². The van der Waals surface area contributed by atoms with Gasteiger partial charge in [-0.05, 0) is 48.5 Å². The molecule has 0 atom stereocenters. The van der Waals surface area contributed by atoms with Gasteiger partial charge in [0.05, 0.1) is 13.0 Å². The van der Waals surface area contributed by atoms with Crippen molar-refractivity contribution in [1.82, 2.24) is 9.78 Å². The highest BCUT2D eigenvalue weighted by atomic mass is 35.5. The van der Waals surface area contributed by atoms with Gasteiger partial charge in [0, 0.05) is 23.1 Å². The van der Waals surface area contributed by atoms with Crippen LogP contribution in [-0.2, 0) is 4.79 Å². The zero-order chi connectivity index (χ0) is 17.6. The summed E-state index contributed by atoms with van der Waals surface area (Å²) in [7, 11) is 0. The van der Waals surface area contributed by atoms with Crippen molar-refractivity contribution in [2.75, 3.05) is 11.9 Å². The molecule has 0 aliphatic rings. The van der Waals surface area contributed by atoms with Gasteiger partial charge in [0.2, 0.25) is 5.91 Å². The maximum absolute atomic E-state index is 14.1. The minimum atomic E-state index is -0.473. The molecule has 0 fully saturated rings. The minimum Gasteiger partial charge on any atom is -0.493 e. The predicted molar refractivity (Wildman–Crippen MR) is 93.7 cm³/mol. The lowest BCUT2D eigenvalue weighted by Crippen LogP contribution is -2.15. The van der Waals surface area contributed by atoms with E-state index in [1.54, 1.807) is 54.9 Å². The molecule has 0 aliphatic heterocycles. The van der Waals surface area contributed by atoms with Crippen LogP contribution < -0.4 is 10.1 Å². The summed E-state index contributed by atoms with van der Waals surface area (Å²) in [5, 5.41) is 7.23. The molecule has 3 aromatic rings. The van der Waals surface area contributed by atoms with Crippen molar-refractivity contribution in [2.45, 2.75) is 6.42 Å². The van der Waals surface area contributed by atoms with E-state index in [0.29, 0.717) is 22.1 Å². The third-order valence-corrected chi connectivity index (χ3v) is 3.65. The standard InChI is InChI=1S/C18H15ClFN3O2/c19-13-2-5-15(6-3-13)25-11-8-18(24)22-14-4-7-17(16(20)12-14)23-10-1-9-21-23/h1-7,9-10,12H,8,11H2,(H,22,24). The van der Waals surface area contributed by atoms with E-state index in [9.17, 15) is 9.18 Å². The van der Waals surface area contributed by atoms with Crippen LogP contribution >= 0.6 is 11.6 Å². The molecule has 1 aromatic heterocycles. The van der Waals surface area contributed by atoms with Crippen LogP contribution in [0.4, 0.5) is 10.1 Å². The summed E-state index contributed by atoms with van der Waals surface area (Å²) in [6, 6.07) is 13.0. The fourth-order valence-corrected chi connectivity index (χ4v) is 2.32. The lowest BCUT2D eigenvalue weighted by Gasteiger charge is -2.09. The Bertz CT molecular complexity index is 851. The number of benzene rings is 2. The summed E-state index contributed by atoms with van der Waals surface area (Å²) in [5.41, 5.74) is 0.693. The number of anilines is 1. The third-order valence-electron chi connectivity index (χ3n) is 3.39. The molecule has 1 heterocycles. The number of ether oxygens (including phenoxy) is 1. The van der Waals surface area contributed by atoms with Gasteiger partial charge in [0.1, 0.15) is 11.4 Å². The maximum Gasteiger partial charge on any atom is 0.227 e. The van der Waals surface area contributed by atoms with E-state index in [1.165, 1.54) is 10.7 Å². The first-order chi connectivity index (χ1) is 12.1. The summed E-state index contributed by atoms with van der Waals surface area (Å²) in [6.45, 7) is 0.210. The van der Waals surface area contributed by atoms with E-state index < -0.39 is 5.82 Å². The van der Waals surface area contributed by atoms with Gasteiger partial charge in [-0.3, -0.25) is 4.79 Å². The summed E-state index contributed by atoms with van der Waals surface area (Å²) in [5.74, 6) is -0.106. The van der Waals surface area contributed by atoms with Gasteiger partial charge in [0.25, 0.3) is 0 Å². The van der Waals surface area contributed by atoms with E-state index in [1.807, 2.05) is 0 Å². The summed E-state index contributed by atoms with van der Waals surface area (Å²) in [6.07, 6.45) is 3.35. The lowest BCUT2D eigenvalue weighted by molar-refractivity contribution is -0.116. The second kappa shape index (κ2) is 7.81. The lowest BCUT2D eigenvalue weighted by atomic mass is 10.2. The second-order valence-corrected chi connectivity index (χ2v) is 5.65. The quantitative estimate of drug-likeness (QED) is 0.721. The topological polar surface area (TPSA) is 56.1 Å². The molecule has 3 rings (SSSR count). The Labute approximate surface area is 149 Å². The first-order valence-electron chi connectivity index (χ1n) is 7.59. The second-order valence-electron chi connectivity index (χ2n) is 5.22. The molecule has 2 aromatic carbocycles. The molecule has 0 radical (unpaired) electrons.